The van der Waals surface area contributed by atoms with Crippen molar-refractivity contribution in [3.05, 3.63) is 32.0 Å². The van der Waals surface area contributed by atoms with Crippen LogP contribution in [0, 0.1) is 6.92 Å². The van der Waals surface area contributed by atoms with Crippen molar-refractivity contribution in [2.75, 3.05) is 11.0 Å². The number of thiophene rings is 1. The van der Waals surface area contributed by atoms with Gasteiger partial charge in [0.2, 0.25) is 15.3 Å². The molecule has 0 fully saturated rings. The molecule has 3 aromatic rings. The van der Waals surface area contributed by atoms with Gasteiger partial charge in [-0.15, -0.1) is 11.3 Å². The summed E-state index contributed by atoms with van der Waals surface area (Å²) >= 11 is 17.0. The van der Waals surface area contributed by atoms with Crippen molar-refractivity contribution >= 4 is 76.4 Å². The monoisotopic (exact) mass is 466 g/mol. The van der Waals surface area contributed by atoms with E-state index in [0.29, 0.717) is 16.8 Å². The zero-order chi connectivity index (χ0) is 17.6. The van der Waals surface area contributed by atoms with E-state index in [2.05, 4.69) is 35.6 Å². The van der Waals surface area contributed by atoms with E-state index in [4.69, 9.17) is 23.2 Å². The minimum absolute atomic E-state index is 0.0455. The highest BCUT2D eigenvalue weighted by atomic mass is 79.9. The van der Waals surface area contributed by atoms with Gasteiger partial charge in [-0.05, 0) is 40.5 Å². The molecule has 0 radical (unpaired) electrons. The molecular weight excluding hydrogens is 459 g/mol. The molecule has 126 valence electrons. The van der Waals surface area contributed by atoms with E-state index in [1.54, 1.807) is 6.07 Å². The minimum Gasteiger partial charge on any atom is -0.281 e. The van der Waals surface area contributed by atoms with Gasteiger partial charge in [0.25, 0.3) is 0 Å². The average molecular weight is 468 g/mol. The Labute approximate surface area is 160 Å². The smallest absolute Gasteiger partial charge is 0.229 e. The van der Waals surface area contributed by atoms with Gasteiger partial charge in [-0.2, -0.15) is 0 Å². The summed E-state index contributed by atoms with van der Waals surface area (Å²) in [5, 5.41) is 0.132. The first-order valence-corrected chi connectivity index (χ1v) is 10.7. The van der Waals surface area contributed by atoms with Gasteiger partial charge >= 0.3 is 0 Å². The molecule has 0 aliphatic heterocycles. The summed E-state index contributed by atoms with van der Waals surface area (Å²) < 4.78 is 26.9. The predicted molar refractivity (Wildman–Crippen MR) is 102 cm³/mol. The molecule has 0 atom stereocenters. The van der Waals surface area contributed by atoms with Crippen LogP contribution in [0.4, 0.5) is 5.69 Å². The molecule has 0 aliphatic rings. The first kappa shape index (κ1) is 17.8. The highest BCUT2D eigenvalue weighted by Crippen LogP contribution is 2.40. The van der Waals surface area contributed by atoms with Crippen LogP contribution in [-0.2, 0) is 10.0 Å². The summed E-state index contributed by atoms with van der Waals surface area (Å²) in [6, 6.07) is 1.57. The molecular formula is C13H9BrCl2N4O2S2. The summed E-state index contributed by atoms with van der Waals surface area (Å²) in [5.41, 5.74) is 2.00. The first-order valence-electron chi connectivity index (χ1n) is 6.41. The maximum Gasteiger partial charge on any atom is 0.229 e. The second-order valence-corrected chi connectivity index (χ2v) is 9.39. The van der Waals surface area contributed by atoms with E-state index < -0.39 is 10.0 Å². The predicted octanol–water partition coefficient (Wildman–Crippen LogP) is 4.50. The molecule has 1 N–H and O–H groups in total. The summed E-state index contributed by atoms with van der Waals surface area (Å²) in [6.45, 7) is 1.95. The Balaban J connectivity index is 2.24. The van der Waals surface area contributed by atoms with Gasteiger partial charge in [0.15, 0.2) is 5.15 Å². The van der Waals surface area contributed by atoms with Crippen molar-refractivity contribution in [3.63, 3.8) is 0 Å². The van der Waals surface area contributed by atoms with E-state index >= 15 is 0 Å². The van der Waals surface area contributed by atoms with Crippen LogP contribution in [0.1, 0.15) is 4.88 Å². The molecule has 0 unspecified atom stereocenters. The SMILES string of the molecule is Cc1sc2c(-c3cnc(Cl)c(NS(C)(=O)=O)c3)nc(Cl)nc2c1Br. The Morgan fingerprint density at radius 2 is 2.00 bits per heavy atom. The molecule has 0 spiro atoms. The highest BCUT2D eigenvalue weighted by Gasteiger charge is 2.18. The van der Waals surface area contributed by atoms with Crippen molar-refractivity contribution in [3.8, 4) is 11.3 Å². The molecule has 0 aromatic carbocycles. The summed E-state index contributed by atoms with van der Waals surface area (Å²) in [4.78, 5) is 13.6. The van der Waals surface area contributed by atoms with Gasteiger partial charge < -0.3 is 0 Å². The lowest BCUT2D eigenvalue weighted by Crippen LogP contribution is -2.10. The third kappa shape index (κ3) is 3.50. The number of halogens is 3. The lowest BCUT2D eigenvalue weighted by atomic mass is 10.2. The lowest BCUT2D eigenvalue weighted by molar-refractivity contribution is 0.607. The van der Waals surface area contributed by atoms with Gasteiger partial charge in [0.05, 0.1) is 26.8 Å². The number of rotatable bonds is 3. The second-order valence-electron chi connectivity index (χ2n) is 4.93. The van der Waals surface area contributed by atoms with Crippen molar-refractivity contribution in [1.82, 2.24) is 15.0 Å². The molecule has 0 saturated carbocycles. The van der Waals surface area contributed by atoms with Crippen LogP contribution in [-0.4, -0.2) is 29.6 Å². The Morgan fingerprint density at radius 1 is 1.29 bits per heavy atom. The Bertz CT molecular complexity index is 1070. The number of aromatic nitrogens is 3. The number of aryl methyl sites for hydroxylation is 1. The average Bonchev–Trinajstić information content (AvgIpc) is 2.75. The van der Waals surface area contributed by atoms with Crippen LogP contribution in [0.2, 0.25) is 10.4 Å². The third-order valence-electron chi connectivity index (χ3n) is 3.02. The van der Waals surface area contributed by atoms with E-state index in [1.807, 2.05) is 6.92 Å². The second kappa shape index (κ2) is 6.38. The number of anilines is 1. The molecule has 0 amide bonds. The van der Waals surface area contributed by atoms with Crippen LogP contribution in [0.15, 0.2) is 16.7 Å². The fourth-order valence-corrected chi connectivity index (χ4v) is 4.67. The number of pyridine rings is 1. The van der Waals surface area contributed by atoms with Crippen molar-refractivity contribution in [1.29, 1.82) is 0 Å². The number of nitrogens with one attached hydrogen (secondary N) is 1. The molecule has 3 heterocycles. The molecule has 3 rings (SSSR count). The van der Waals surface area contributed by atoms with Gasteiger partial charge in [-0.3, -0.25) is 4.72 Å². The van der Waals surface area contributed by atoms with Gasteiger partial charge in [0, 0.05) is 16.6 Å². The van der Waals surface area contributed by atoms with Crippen LogP contribution >= 0.6 is 50.5 Å². The molecule has 0 aliphatic carbocycles. The quantitative estimate of drug-likeness (QED) is 0.452. The highest BCUT2D eigenvalue weighted by molar-refractivity contribution is 9.10. The topological polar surface area (TPSA) is 84.8 Å². The fourth-order valence-electron chi connectivity index (χ4n) is 2.08. The van der Waals surface area contributed by atoms with Crippen LogP contribution in [0.25, 0.3) is 21.5 Å². The van der Waals surface area contributed by atoms with Crippen molar-refractivity contribution < 1.29 is 8.42 Å². The standard InChI is InChI=1S/C13H9BrCl2N4O2S2/c1-5-8(14)10-11(23-5)9(18-13(16)19-10)6-3-7(12(15)17-4-6)20-24(2,21)22/h3-4,20H,1-2H3. The van der Waals surface area contributed by atoms with Crippen molar-refractivity contribution in [2.24, 2.45) is 0 Å². The lowest BCUT2D eigenvalue weighted by Gasteiger charge is -2.08. The largest absolute Gasteiger partial charge is 0.281 e. The molecule has 0 bridgehead atoms. The Hall–Kier alpha value is -1.00. The minimum atomic E-state index is -3.49. The number of fused-ring (bicyclic) bond motifs is 1. The summed E-state index contributed by atoms with van der Waals surface area (Å²) in [5.74, 6) is 0. The van der Waals surface area contributed by atoms with Crippen LogP contribution < -0.4 is 4.72 Å². The van der Waals surface area contributed by atoms with Gasteiger partial charge in [-0.25, -0.2) is 23.4 Å². The van der Waals surface area contributed by atoms with Crippen LogP contribution in [0.3, 0.4) is 0 Å². The van der Waals surface area contributed by atoms with E-state index in [9.17, 15) is 8.42 Å². The molecule has 6 nitrogen and oxygen atoms in total. The van der Waals surface area contributed by atoms with E-state index in [-0.39, 0.29) is 16.1 Å². The van der Waals surface area contributed by atoms with E-state index in [0.717, 1.165) is 20.3 Å². The third-order valence-corrected chi connectivity index (χ3v) is 6.41. The van der Waals surface area contributed by atoms with Crippen molar-refractivity contribution in [2.45, 2.75) is 6.92 Å². The first-order chi connectivity index (χ1) is 11.2. The zero-order valence-corrected chi connectivity index (χ0v) is 17.0. The normalized spacial score (nSPS) is 11.9. The summed E-state index contributed by atoms with van der Waals surface area (Å²) in [7, 11) is -3.49. The maximum absolute atomic E-state index is 11.5. The molecule has 11 heteroatoms. The van der Waals surface area contributed by atoms with Crippen LogP contribution in [0.5, 0.6) is 0 Å². The Morgan fingerprint density at radius 3 is 2.67 bits per heavy atom. The molecule has 0 saturated heterocycles. The Kier molecular flexibility index (Phi) is 4.73. The number of sulfonamides is 1. The number of hydrogen-bond acceptors (Lipinski definition) is 6. The molecule has 24 heavy (non-hydrogen) atoms. The summed E-state index contributed by atoms with van der Waals surface area (Å²) in [6.07, 6.45) is 2.55. The fraction of sp³-hybridized carbons (Fsp3) is 0.154. The van der Waals surface area contributed by atoms with Gasteiger partial charge in [0.1, 0.15) is 5.52 Å². The van der Waals surface area contributed by atoms with Gasteiger partial charge in [-0.1, -0.05) is 11.6 Å². The van der Waals surface area contributed by atoms with E-state index in [1.165, 1.54) is 17.5 Å². The zero-order valence-electron chi connectivity index (χ0n) is 12.3. The maximum atomic E-state index is 11.5. The molecule has 3 aromatic heterocycles. The number of hydrogen-bond donors (Lipinski definition) is 1. The number of nitrogens with zero attached hydrogens (tertiary/aromatic N) is 3.